The Hall–Kier alpha value is -2.47. The lowest BCUT2D eigenvalue weighted by molar-refractivity contribution is -0.105. The average Bonchev–Trinajstić information content (AvgIpc) is 2.69. The van der Waals surface area contributed by atoms with Crippen molar-refractivity contribution in [1.29, 1.82) is 0 Å². The molecule has 1 aromatic carbocycles. The van der Waals surface area contributed by atoms with E-state index >= 15 is 0 Å². The maximum Gasteiger partial charge on any atom is 0.274 e. The van der Waals surface area contributed by atoms with Crippen LogP contribution in [0.1, 0.15) is 23.3 Å². The van der Waals surface area contributed by atoms with Gasteiger partial charge in [-0.3, -0.25) is 9.78 Å². The number of benzene rings is 1. The van der Waals surface area contributed by atoms with Gasteiger partial charge in [-0.25, -0.2) is 4.98 Å². The first kappa shape index (κ1) is 16.0. The van der Waals surface area contributed by atoms with Crippen molar-refractivity contribution >= 4 is 11.6 Å². The van der Waals surface area contributed by atoms with Crippen LogP contribution in [0.4, 0.5) is 5.69 Å². The number of nitrogens with zero attached hydrogens (tertiary/aromatic N) is 4. The van der Waals surface area contributed by atoms with Gasteiger partial charge in [-0.1, -0.05) is 18.2 Å². The maximum atomic E-state index is 12.7. The summed E-state index contributed by atoms with van der Waals surface area (Å²) in [6.45, 7) is 3.59. The molecule has 4 rings (SSSR count). The Kier molecular flexibility index (Phi) is 4.36. The summed E-state index contributed by atoms with van der Waals surface area (Å²) < 4.78 is 6.20. The number of anilines is 1. The van der Waals surface area contributed by atoms with Gasteiger partial charge >= 0.3 is 0 Å². The fourth-order valence-electron chi connectivity index (χ4n) is 3.79. The number of carbonyl (C=O) groups is 1. The van der Waals surface area contributed by atoms with Crippen LogP contribution in [-0.2, 0) is 4.74 Å². The number of carbonyl (C=O) groups excluding carboxylic acids is 1. The highest BCUT2D eigenvalue weighted by Crippen LogP contribution is 2.31. The lowest BCUT2D eigenvalue weighted by atomic mass is 9.90. The number of amides is 1. The van der Waals surface area contributed by atoms with Crippen LogP contribution in [0.5, 0.6) is 0 Å². The predicted molar refractivity (Wildman–Crippen MR) is 94.5 cm³/mol. The van der Waals surface area contributed by atoms with Crippen LogP contribution in [0.3, 0.4) is 0 Å². The minimum atomic E-state index is -0.301. The third kappa shape index (κ3) is 3.35. The van der Waals surface area contributed by atoms with Gasteiger partial charge in [0.15, 0.2) is 0 Å². The zero-order chi connectivity index (χ0) is 17.1. The fourth-order valence-corrected chi connectivity index (χ4v) is 3.79. The van der Waals surface area contributed by atoms with E-state index in [1.54, 1.807) is 12.4 Å². The van der Waals surface area contributed by atoms with Crippen molar-refractivity contribution in [3.05, 3.63) is 54.6 Å². The summed E-state index contributed by atoms with van der Waals surface area (Å²) in [5, 5.41) is 0. The summed E-state index contributed by atoms with van der Waals surface area (Å²) in [6.07, 6.45) is 6.70. The highest BCUT2D eigenvalue weighted by molar-refractivity contribution is 5.92. The lowest BCUT2D eigenvalue weighted by Crippen LogP contribution is -2.60. The van der Waals surface area contributed by atoms with Crippen molar-refractivity contribution in [2.75, 3.05) is 37.7 Å². The molecule has 0 aliphatic carbocycles. The van der Waals surface area contributed by atoms with Gasteiger partial charge in [0.05, 0.1) is 19.3 Å². The van der Waals surface area contributed by atoms with Crippen LogP contribution in [-0.4, -0.2) is 59.2 Å². The number of rotatable bonds is 2. The summed E-state index contributed by atoms with van der Waals surface area (Å²) in [4.78, 5) is 25.1. The van der Waals surface area contributed by atoms with E-state index in [1.807, 2.05) is 11.0 Å². The Labute approximate surface area is 147 Å². The molecule has 1 aromatic heterocycles. The van der Waals surface area contributed by atoms with Gasteiger partial charge in [0.2, 0.25) is 0 Å². The maximum absolute atomic E-state index is 12.7. The lowest BCUT2D eigenvalue weighted by Gasteiger charge is -2.48. The van der Waals surface area contributed by atoms with Gasteiger partial charge in [0.1, 0.15) is 11.3 Å². The molecule has 0 bridgehead atoms. The molecule has 130 valence electrons. The van der Waals surface area contributed by atoms with E-state index < -0.39 is 0 Å². The van der Waals surface area contributed by atoms with E-state index in [4.69, 9.17) is 4.74 Å². The molecule has 0 unspecified atom stereocenters. The molecule has 0 N–H and O–H groups in total. The Balaban J connectivity index is 1.51. The molecular weight excluding hydrogens is 316 g/mol. The number of hydrogen-bond acceptors (Lipinski definition) is 5. The fraction of sp³-hybridized carbons (Fsp3) is 0.421. The molecule has 6 heteroatoms. The van der Waals surface area contributed by atoms with Crippen LogP contribution >= 0.6 is 0 Å². The molecular formula is C19H22N4O2. The second-order valence-electron chi connectivity index (χ2n) is 6.71. The Morgan fingerprint density at radius 2 is 2.00 bits per heavy atom. The van der Waals surface area contributed by atoms with Crippen molar-refractivity contribution < 1.29 is 9.53 Å². The summed E-state index contributed by atoms with van der Waals surface area (Å²) in [5.41, 5.74) is 1.31. The normalized spacial score (nSPS) is 23.7. The standard InChI is InChI=1S/C19H22N4O2/c24-18(17-13-20-8-9-21-17)23-11-12-25-19(15-23)7-4-10-22(14-19)16-5-2-1-3-6-16/h1-3,5-6,8-9,13H,4,7,10-12,14-15H2/t19-/m0/s1. The summed E-state index contributed by atoms with van der Waals surface area (Å²) >= 11 is 0. The molecule has 1 amide bonds. The molecule has 2 saturated heterocycles. The molecule has 0 saturated carbocycles. The number of aromatic nitrogens is 2. The van der Waals surface area contributed by atoms with Crippen molar-refractivity contribution in [2.24, 2.45) is 0 Å². The van der Waals surface area contributed by atoms with E-state index in [2.05, 4.69) is 39.1 Å². The first-order valence-electron chi connectivity index (χ1n) is 8.75. The molecule has 1 atom stereocenters. The first-order chi connectivity index (χ1) is 12.3. The minimum Gasteiger partial charge on any atom is -0.369 e. The van der Waals surface area contributed by atoms with Crippen molar-refractivity contribution in [3.63, 3.8) is 0 Å². The van der Waals surface area contributed by atoms with Crippen molar-refractivity contribution in [1.82, 2.24) is 14.9 Å². The smallest absolute Gasteiger partial charge is 0.274 e. The van der Waals surface area contributed by atoms with Gasteiger partial charge in [-0.2, -0.15) is 0 Å². The molecule has 6 nitrogen and oxygen atoms in total. The van der Waals surface area contributed by atoms with Gasteiger partial charge < -0.3 is 14.5 Å². The summed E-state index contributed by atoms with van der Waals surface area (Å²) in [6, 6.07) is 10.4. The number of hydrogen-bond donors (Lipinski definition) is 0. The SMILES string of the molecule is O=C(c1cnccn1)N1CCO[C@]2(CCCN(c3ccccc3)C2)C1. The molecule has 2 aliphatic rings. The van der Waals surface area contributed by atoms with Gasteiger partial charge in [0.25, 0.3) is 5.91 Å². The van der Waals surface area contributed by atoms with Gasteiger partial charge in [-0.15, -0.1) is 0 Å². The minimum absolute atomic E-state index is 0.0624. The molecule has 2 fully saturated rings. The molecule has 2 aromatic rings. The Morgan fingerprint density at radius 1 is 1.12 bits per heavy atom. The monoisotopic (exact) mass is 338 g/mol. The number of ether oxygens (including phenoxy) is 1. The Morgan fingerprint density at radius 3 is 2.80 bits per heavy atom. The van der Waals surface area contributed by atoms with Crippen molar-refractivity contribution in [3.8, 4) is 0 Å². The zero-order valence-corrected chi connectivity index (χ0v) is 14.2. The van der Waals surface area contributed by atoms with Crippen LogP contribution in [0.25, 0.3) is 0 Å². The van der Waals surface area contributed by atoms with Gasteiger partial charge in [0, 0.05) is 37.7 Å². The second-order valence-corrected chi connectivity index (χ2v) is 6.71. The third-order valence-corrected chi connectivity index (χ3v) is 4.98. The third-order valence-electron chi connectivity index (χ3n) is 4.98. The van der Waals surface area contributed by atoms with Crippen LogP contribution in [0, 0.1) is 0 Å². The molecule has 2 aliphatic heterocycles. The number of morpholine rings is 1. The number of para-hydroxylation sites is 1. The topological polar surface area (TPSA) is 58.6 Å². The Bertz CT molecular complexity index is 721. The average molecular weight is 338 g/mol. The van der Waals surface area contributed by atoms with E-state index in [1.165, 1.54) is 11.9 Å². The summed E-state index contributed by atoms with van der Waals surface area (Å²) in [7, 11) is 0. The zero-order valence-electron chi connectivity index (χ0n) is 14.2. The highest BCUT2D eigenvalue weighted by Gasteiger charge is 2.42. The largest absolute Gasteiger partial charge is 0.369 e. The molecule has 1 spiro atoms. The molecule has 3 heterocycles. The van der Waals surface area contributed by atoms with Crippen LogP contribution in [0.2, 0.25) is 0 Å². The predicted octanol–water partition coefficient (Wildman–Crippen LogP) is 1.99. The van der Waals surface area contributed by atoms with Gasteiger partial charge in [-0.05, 0) is 25.0 Å². The van der Waals surface area contributed by atoms with Crippen LogP contribution < -0.4 is 4.90 Å². The van der Waals surface area contributed by atoms with Crippen molar-refractivity contribution in [2.45, 2.75) is 18.4 Å². The van der Waals surface area contributed by atoms with E-state index in [-0.39, 0.29) is 11.5 Å². The van der Waals surface area contributed by atoms with Crippen LogP contribution in [0.15, 0.2) is 48.9 Å². The van der Waals surface area contributed by atoms with E-state index in [0.717, 1.165) is 25.9 Å². The first-order valence-corrected chi connectivity index (χ1v) is 8.75. The second kappa shape index (κ2) is 6.80. The number of piperidine rings is 1. The molecule has 25 heavy (non-hydrogen) atoms. The highest BCUT2D eigenvalue weighted by atomic mass is 16.5. The van der Waals surface area contributed by atoms with E-state index in [9.17, 15) is 4.79 Å². The quantitative estimate of drug-likeness (QED) is 0.838. The molecule has 0 radical (unpaired) electrons. The summed E-state index contributed by atoms with van der Waals surface area (Å²) in [5.74, 6) is -0.0624. The van der Waals surface area contributed by atoms with E-state index in [0.29, 0.717) is 25.4 Å².